The Balaban J connectivity index is 1.65. The fraction of sp³-hybridized carbons (Fsp3) is 0.333. The SMILES string of the molecule is O=S(=O)(NC(=S)N1CC(c2c(F)cccc2F)C(c2ccc(Cl)cc2)=N1)N1CCCCC1. The number of piperidine rings is 1. The molecule has 1 fully saturated rings. The molecule has 0 aromatic heterocycles. The molecule has 0 radical (unpaired) electrons. The molecule has 1 unspecified atom stereocenters. The quantitative estimate of drug-likeness (QED) is 0.646. The number of benzene rings is 2. The van der Waals surface area contributed by atoms with Crippen molar-refractivity contribution in [3.8, 4) is 0 Å². The van der Waals surface area contributed by atoms with Gasteiger partial charge in [0.05, 0.1) is 18.2 Å². The minimum atomic E-state index is -3.84. The highest BCUT2D eigenvalue weighted by Gasteiger charge is 2.36. The minimum absolute atomic E-state index is 0.0167. The standard InChI is InChI=1S/C21H21ClF2N4O2S2/c22-15-9-7-14(8-10-15)20-16(19-17(23)5-4-6-18(19)24)13-28(25-20)21(31)26-32(29,30)27-11-2-1-3-12-27/h4-10,16H,1-3,11-13H2,(H,26,31). The van der Waals surface area contributed by atoms with Crippen molar-refractivity contribution in [2.45, 2.75) is 25.2 Å². The van der Waals surface area contributed by atoms with Gasteiger partial charge in [-0.15, -0.1) is 0 Å². The maximum Gasteiger partial charge on any atom is 0.303 e. The number of thiocarbonyl (C=S) groups is 1. The summed E-state index contributed by atoms with van der Waals surface area (Å²) in [4.78, 5) is 0. The molecule has 1 N–H and O–H groups in total. The number of hydrogen-bond donors (Lipinski definition) is 1. The van der Waals surface area contributed by atoms with Gasteiger partial charge >= 0.3 is 10.2 Å². The molecular formula is C21H21ClF2N4O2S2. The van der Waals surface area contributed by atoms with E-state index in [1.165, 1.54) is 27.5 Å². The van der Waals surface area contributed by atoms with Crippen LogP contribution in [0.15, 0.2) is 47.6 Å². The lowest BCUT2D eigenvalue weighted by molar-refractivity contribution is 0.343. The fourth-order valence-corrected chi connectivity index (χ4v) is 5.66. The topological polar surface area (TPSA) is 65.0 Å². The Morgan fingerprint density at radius 3 is 2.31 bits per heavy atom. The van der Waals surface area contributed by atoms with Crippen molar-refractivity contribution in [1.29, 1.82) is 0 Å². The van der Waals surface area contributed by atoms with Gasteiger partial charge < -0.3 is 0 Å². The lowest BCUT2D eigenvalue weighted by atomic mass is 9.90. The van der Waals surface area contributed by atoms with Crippen molar-refractivity contribution < 1.29 is 17.2 Å². The highest BCUT2D eigenvalue weighted by molar-refractivity contribution is 7.89. The summed E-state index contributed by atoms with van der Waals surface area (Å²) < 4.78 is 58.4. The summed E-state index contributed by atoms with van der Waals surface area (Å²) in [5.74, 6) is -2.22. The smallest absolute Gasteiger partial charge is 0.245 e. The molecular weight excluding hydrogens is 478 g/mol. The second kappa shape index (κ2) is 9.38. The fourth-order valence-electron chi connectivity index (χ4n) is 3.91. The van der Waals surface area contributed by atoms with E-state index >= 15 is 0 Å². The number of nitrogens with one attached hydrogen (secondary N) is 1. The summed E-state index contributed by atoms with van der Waals surface area (Å²) in [6.07, 6.45) is 2.54. The summed E-state index contributed by atoms with van der Waals surface area (Å²) in [7, 11) is -3.84. The van der Waals surface area contributed by atoms with Crippen LogP contribution in [0.2, 0.25) is 5.02 Å². The molecule has 2 aromatic carbocycles. The Kier molecular flexibility index (Phi) is 6.75. The average Bonchev–Trinajstić information content (AvgIpc) is 3.20. The van der Waals surface area contributed by atoms with Gasteiger partial charge in [-0.05, 0) is 54.9 Å². The zero-order valence-electron chi connectivity index (χ0n) is 17.0. The van der Waals surface area contributed by atoms with Crippen LogP contribution in [0.25, 0.3) is 0 Å². The van der Waals surface area contributed by atoms with E-state index in [9.17, 15) is 17.2 Å². The first-order chi connectivity index (χ1) is 15.3. The second-order valence-corrected chi connectivity index (χ2v) is 10.1. The Morgan fingerprint density at radius 1 is 1.06 bits per heavy atom. The van der Waals surface area contributed by atoms with Crippen molar-refractivity contribution in [2.75, 3.05) is 19.6 Å². The van der Waals surface area contributed by atoms with Crippen LogP contribution in [-0.2, 0) is 10.2 Å². The number of hydrogen-bond acceptors (Lipinski definition) is 4. The molecule has 2 heterocycles. The lowest BCUT2D eigenvalue weighted by Crippen LogP contribution is -2.48. The van der Waals surface area contributed by atoms with E-state index in [0.717, 1.165) is 19.3 Å². The van der Waals surface area contributed by atoms with Gasteiger partial charge in [0.15, 0.2) is 0 Å². The first kappa shape index (κ1) is 23.0. The maximum absolute atomic E-state index is 14.6. The largest absolute Gasteiger partial charge is 0.303 e. The summed E-state index contributed by atoms with van der Waals surface area (Å²) in [5, 5.41) is 6.06. The molecule has 0 aliphatic carbocycles. The van der Waals surface area contributed by atoms with E-state index in [1.54, 1.807) is 24.3 Å². The zero-order chi connectivity index (χ0) is 22.9. The molecule has 32 heavy (non-hydrogen) atoms. The number of nitrogens with zero attached hydrogens (tertiary/aromatic N) is 3. The van der Waals surface area contributed by atoms with Gasteiger partial charge in [-0.3, -0.25) is 0 Å². The summed E-state index contributed by atoms with van der Waals surface area (Å²) >= 11 is 11.3. The van der Waals surface area contributed by atoms with Crippen molar-refractivity contribution in [1.82, 2.24) is 14.0 Å². The number of rotatable bonds is 4. The van der Waals surface area contributed by atoms with E-state index in [1.807, 2.05) is 0 Å². The highest BCUT2D eigenvalue weighted by atomic mass is 35.5. The van der Waals surface area contributed by atoms with Gasteiger partial charge in [0.2, 0.25) is 5.11 Å². The molecule has 170 valence electrons. The van der Waals surface area contributed by atoms with Crippen LogP contribution in [0.5, 0.6) is 0 Å². The van der Waals surface area contributed by atoms with Crippen LogP contribution in [-0.4, -0.2) is 48.2 Å². The van der Waals surface area contributed by atoms with E-state index in [2.05, 4.69) is 9.82 Å². The second-order valence-electron chi connectivity index (χ2n) is 7.63. The van der Waals surface area contributed by atoms with Gasteiger partial charge in [0.25, 0.3) is 0 Å². The van der Waals surface area contributed by atoms with Gasteiger partial charge in [-0.2, -0.15) is 17.8 Å². The third-order valence-corrected chi connectivity index (χ3v) is 7.70. The van der Waals surface area contributed by atoms with Crippen molar-refractivity contribution in [3.05, 3.63) is 70.2 Å². The van der Waals surface area contributed by atoms with Crippen LogP contribution >= 0.6 is 23.8 Å². The summed E-state index contributed by atoms with van der Waals surface area (Å²) in [6, 6.07) is 10.3. The van der Waals surface area contributed by atoms with E-state index in [0.29, 0.717) is 29.4 Å². The molecule has 0 saturated carbocycles. The molecule has 0 bridgehead atoms. The molecule has 1 atom stereocenters. The molecule has 1 saturated heterocycles. The van der Waals surface area contributed by atoms with Gasteiger partial charge in [0.1, 0.15) is 11.6 Å². The monoisotopic (exact) mass is 498 g/mol. The van der Waals surface area contributed by atoms with Crippen LogP contribution in [0.1, 0.15) is 36.3 Å². The number of hydrazone groups is 1. The van der Waals surface area contributed by atoms with Crippen molar-refractivity contribution in [2.24, 2.45) is 5.10 Å². The Labute approximate surface area is 196 Å². The van der Waals surface area contributed by atoms with Crippen molar-refractivity contribution in [3.63, 3.8) is 0 Å². The molecule has 2 aromatic rings. The first-order valence-corrected chi connectivity index (χ1v) is 12.4. The maximum atomic E-state index is 14.6. The van der Waals surface area contributed by atoms with Crippen molar-refractivity contribution >= 4 is 44.9 Å². The van der Waals surface area contributed by atoms with Gasteiger partial charge in [-0.25, -0.2) is 18.5 Å². The van der Waals surface area contributed by atoms with E-state index in [-0.39, 0.29) is 17.2 Å². The molecule has 11 heteroatoms. The Morgan fingerprint density at radius 2 is 1.69 bits per heavy atom. The van der Waals surface area contributed by atoms with E-state index in [4.69, 9.17) is 23.8 Å². The third kappa shape index (κ3) is 4.78. The van der Waals surface area contributed by atoms with Crippen LogP contribution in [0, 0.1) is 11.6 Å². The van der Waals surface area contributed by atoms with Crippen LogP contribution in [0.3, 0.4) is 0 Å². The molecule has 0 amide bonds. The molecule has 2 aliphatic heterocycles. The molecule has 2 aliphatic rings. The van der Waals surface area contributed by atoms with E-state index < -0.39 is 27.8 Å². The lowest BCUT2D eigenvalue weighted by Gasteiger charge is -2.27. The predicted octanol–water partition coefficient (Wildman–Crippen LogP) is 4.03. The number of halogens is 3. The molecule has 6 nitrogen and oxygen atoms in total. The Hall–Kier alpha value is -2.14. The summed E-state index contributed by atoms with van der Waals surface area (Å²) in [6.45, 7) is 0.817. The average molecular weight is 499 g/mol. The highest BCUT2D eigenvalue weighted by Crippen LogP contribution is 2.32. The van der Waals surface area contributed by atoms with Gasteiger partial charge in [0, 0.05) is 23.7 Å². The molecule has 0 spiro atoms. The predicted molar refractivity (Wildman–Crippen MR) is 124 cm³/mol. The molecule has 4 rings (SSSR count). The normalized spacial score (nSPS) is 19.7. The summed E-state index contributed by atoms with van der Waals surface area (Å²) in [5.41, 5.74) is 0.821. The first-order valence-electron chi connectivity index (χ1n) is 10.1. The van der Waals surface area contributed by atoms with Gasteiger partial charge in [-0.1, -0.05) is 36.2 Å². The van der Waals surface area contributed by atoms with Crippen LogP contribution < -0.4 is 4.72 Å². The zero-order valence-corrected chi connectivity index (χ0v) is 19.4. The van der Waals surface area contributed by atoms with Crippen LogP contribution in [0.4, 0.5) is 8.78 Å². The Bertz CT molecular complexity index is 1130. The third-order valence-electron chi connectivity index (χ3n) is 5.51. The minimum Gasteiger partial charge on any atom is -0.245 e.